The molecule has 1 saturated heterocycles. The van der Waals surface area contributed by atoms with Gasteiger partial charge in [-0.2, -0.15) is 0 Å². The fraction of sp³-hybridized carbons (Fsp3) is 0.889. The van der Waals surface area contributed by atoms with Crippen LogP contribution in [0.3, 0.4) is 0 Å². The van der Waals surface area contributed by atoms with Gasteiger partial charge < -0.3 is 15.7 Å². The zero-order valence-electron chi connectivity index (χ0n) is 8.07. The second-order valence-corrected chi connectivity index (χ2v) is 3.91. The second kappa shape index (κ2) is 4.58. The lowest BCUT2D eigenvalue weighted by Gasteiger charge is -2.34. The molecule has 0 bridgehead atoms. The quantitative estimate of drug-likeness (QED) is 0.657. The third kappa shape index (κ3) is 3.32. The normalized spacial score (nSPS) is 30.3. The van der Waals surface area contributed by atoms with E-state index < -0.39 is 5.97 Å². The van der Waals surface area contributed by atoms with Crippen molar-refractivity contribution < 1.29 is 9.90 Å². The zero-order chi connectivity index (χ0) is 9.84. The van der Waals surface area contributed by atoms with Crippen molar-refractivity contribution in [2.24, 2.45) is 11.7 Å². The molecule has 0 saturated carbocycles. The molecule has 0 amide bonds. The van der Waals surface area contributed by atoms with E-state index in [2.05, 4.69) is 4.90 Å². The third-order valence-corrected chi connectivity index (χ3v) is 2.74. The Morgan fingerprint density at radius 1 is 1.69 bits per heavy atom. The Kier molecular flexibility index (Phi) is 3.69. The molecular formula is C9H18N2O2. The summed E-state index contributed by atoms with van der Waals surface area (Å²) in [6.07, 6.45) is 2.01. The molecular weight excluding hydrogens is 168 g/mol. The van der Waals surface area contributed by atoms with Crippen LogP contribution in [0.4, 0.5) is 0 Å². The van der Waals surface area contributed by atoms with E-state index in [4.69, 9.17) is 10.8 Å². The minimum Gasteiger partial charge on any atom is -0.481 e. The number of carboxylic acid groups (broad SMARTS) is 1. The van der Waals surface area contributed by atoms with Gasteiger partial charge in [-0.1, -0.05) is 0 Å². The van der Waals surface area contributed by atoms with Gasteiger partial charge in [-0.05, 0) is 32.4 Å². The van der Waals surface area contributed by atoms with Crippen LogP contribution >= 0.6 is 0 Å². The summed E-state index contributed by atoms with van der Waals surface area (Å²) in [4.78, 5) is 12.6. The number of carboxylic acids is 1. The van der Waals surface area contributed by atoms with E-state index in [1.54, 1.807) is 0 Å². The van der Waals surface area contributed by atoms with Gasteiger partial charge in [-0.3, -0.25) is 4.79 Å². The van der Waals surface area contributed by atoms with Gasteiger partial charge in [0.15, 0.2) is 0 Å². The third-order valence-electron chi connectivity index (χ3n) is 2.74. The van der Waals surface area contributed by atoms with Crippen LogP contribution in [0.2, 0.25) is 0 Å². The molecule has 1 aliphatic rings. The number of likely N-dealkylation sites (tertiary alicyclic amines) is 1. The van der Waals surface area contributed by atoms with E-state index in [0.29, 0.717) is 5.92 Å². The molecule has 13 heavy (non-hydrogen) atoms. The Labute approximate surface area is 78.7 Å². The number of nitrogens with two attached hydrogens (primary N) is 1. The van der Waals surface area contributed by atoms with Crippen LogP contribution in [0.15, 0.2) is 0 Å². The molecule has 0 radical (unpaired) electrons. The summed E-state index contributed by atoms with van der Waals surface area (Å²) in [5.41, 5.74) is 5.92. The van der Waals surface area contributed by atoms with Crippen molar-refractivity contribution in [3.05, 3.63) is 0 Å². The Morgan fingerprint density at radius 2 is 2.38 bits per heavy atom. The Bertz CT molecular complexity index is 184. The molecule has 3 N–H and O–H groups in total. The average Bonchev–Trinajstić information content (AvgIpc) is 2.02. The first kappa shape index (κ1) is 10.5. The van der Waals surface area contributed by atoms with Crippen LogP contribution in [0.5, 0.6) is 0 Å². The first-order valence-electron chi connectivity index (χ1n) is 4.75. The molecule has 4 heteroatoms. The molecule has 0 aliphatic carbocycles. The van der Waals surface area contributed by atoms with Crippen molar-refractivity contribution >= 4 is 5.97 Å². The molecule has 0 aromatic heterocycles. The van der Waals surface area contributed by atoms with Gasteiger partial charge in [0.05, 0.1) is 0 Å². The first-order chi connectivity index (χ1) is 6.09. The van der Waals surface area contributed by atoms with Gasteiger partial charge in [0.2, 0.25) is 0 Å². The predicted molar refractivity (Wildman–Crippen MR) is 50.4 cm³/mol. The molecule has 1 rings (SSSR count). The fourth-order valence-corrected chi connectivity index (χ4v) is 1.87. The highest BCUT2D eigenvalue weighted by Gasteiger charge is 2.24. The van der Waals surface area contributed by atoms with Crippen molar-refractivity contribution in [3.63, 3.8) is 0 Å². The first-order valence-corrected chi connectivity index (χ1v) is 4.75. The van der Waals surface area contributed by atoms with E-state index in [1.165, 1.54) is 0 Å². The average molecular weight is 186 g/mol. The van der Waals surface area contributed by atoms with Gasteiger partial charge in [-0.15, -0.1) is 0 Å². The van der Waals surface area contributed by atoms with E-state index in [1.807, 2.05) is 7.05 Å². The maximum atomic E-state index is 10.4. The molecule has 0 unspecified atom stereocenters. The van der Waals surface area contributed by atoms with Crippen LogP contribution in [0, 0.1) is 5.92 Å². The highest BCUT2D eigenvalue weighted by atomic mass is 16.4. The lowest BCUT2D eigenvalue weighted by molar-refractivity contribution is -0.137. The minimum atomic E-state index is -0.717. The van der Waals surface area contributed by atoms with Crippen LogP contribution in [0.1, 0.15) is 19.3 Å². The van der Waals surface area contributed by atoms with Crippen molar-refractivity contribution in [3.8, 4) is 0 Å². The largest absolute Gasteiger partial charge is 0.481 e. The summed E-state index contributed by atoms with van der Waals surface area (Å²) < 4.78 is 0. The summed E-state index contributed by atoms with van der Waals surface area (Å²) in [7, 11) is 2.05. The Morgan fingerprint density at radius 3 is 2.92 bits per heavy atom. The Hall–Kier alpha value is -0.610. The summed E-state index contributed by atoms with van der Waals surface area (Å²) in [6, 6.07) is 0.151. The van der Waals surface area contributed by atoms with Gasteiger partial charge in [0.1, 0.15) is 0 Å². The lowest BCUT2D eigenvalue weighted by atomic mass is 9.88. The lowest BCUT2D eigenvalue weighted by Crippen LogP contribution is -2.46. The molecule has 4 nitrogen and oxygen atoms in total. The fourth-order valence-electron chi connectivity index (χ4n) is 1.87. The summed E-state index contributed by atoms with van der Waals surface area (Å²) in [6.45, 7) is 1.93. The van der Waals surface area contributed by atoms with Crippen molar-refractivity contribution in [1.29, 1.82) is 0 Å². The topological polar surface area (TPSA) is 66.6 Å². The number of piperidine rings is 1. The molecule has 0 spiro atoms. The highest BCUT2D eigenvalue weighted by Crippen LogP contribution is 2.20. The maximum Gasteiger partial charge on any atom is 0.303 e. The smallest absolute Gasteiger partial charge is 0.303 e. The number of hydrogen-bond donors (Lipinski definition) is 2. The monoisotopic (exact) mass is 186 g/mol. The summed E-state index contributed by atoms with van der Waals surface area (Å²) in [5.74, 6) is -0.321. The molecule has 0 aromatic carbocycles. The van der Waals surface area contributed by atoms with E-state index in [-0.39, 0.29) is 12.5 Å². The van der Waals surface area contributed by atoms with E-state index in [0.717, 1.165) is 25.9 Å². The number of carbonyl (C=O) groups is 1. The van der Waals surface area contributed by atoms with E-state index in [9.17, 15) is 4.79 Å². The van der Waals surface area contributed by atoms with Crippen LogP contribution < -0.4 is 5.73 Å². The molecule has 76 valence electrons. The molecule has 1 fully saturated rings. The predicted octanol–water partition coefficient (Wildman–Crippen LogP) is 0.130. The van der Waals surface area contributed by atoms with Crippen LogP contribution in [0.25, 0.3) is 0 Å². The molecule has 1 aliphatic heterocycles. The van der Waals surface area contributed by atoms with Crippen LogP contribution in [-0.2, 0) is 4.79 Å². The highest BCUT2D eigenvalue weighted by molar-refractivity contribution is 5.66. The SMILES string of the molecule is CN1CC[C@H](CCC(=O)O)[C@@H](N)C1. The van der Waals surface area contributed by atoms with Gasteiger partial charge >= 0.3 is 5.97 Å². The molecule has 0 aromatic rings. The van der Waals surface area contributed by atoms with Gasteiger partial charge in [-0.25, -0.2) is 0 Å². The zero-order valence-corrected chi connectivity index (χ0v) is 8.07. The van der Waals surface area contributed by atoms with Crippen molar-refractivity contribution in [1.82, 2.24) is 4.90 Å². The Balaban J connectivity index is 2.29. The van der Waals surface area contributed by atoms with Gasteiger partial charge in [0, 0.05) is 19.0 Å². The standard InChI is InChI=1S/C9H18N2O2/c1-11-5-4-7(8(10)6-11)2-3-9(12)13/h7-8H,2-6,10H2,1H3,(H,12,13)/t7-,8-/m0/s1. The molecule has 2 atom stereocenters. The van der Waals surface area contributed by atoms with Gasteiger partial charge in [0.25, 0.3) is 0 Å². The number of likely N-dealkylation sites (N-methyl/N-ethyl adjacent to an activating group) is 1. The number of aliphatic carboxylic acids is 1. The van der Waals surface area contributed by atoms with Crippen LogP contribution in [-0.4, -0.2) is 42.2 Å². The van der Waals surface area contributed by atoms with Crippen molar-refractivity contribution in [2.45, 2.75) is 25.3 Å². The number of hydrogen-bond acceptors (Lipinski definition) is 3. The second-order valence-electron chi connectivity index (χ2n) is 3.91. The van der Waals surface area contributed by atoms with E-state index >= 15 is 0 Å². The summed E-state index contributed by atoms with van der Waals surface area (Å²) >= 11 is 0. The summed E-state index contributed by atoms with van der Waals surface area (Å²) in [5, 5.41) is 8.53. The maximum absolute atomic E-state index is 10.4. The van der Waals surface area contributed by atoms with Crippen molar-refractivity contribution in [2.75, 3.05) is 20.1 Å². The number of nitrogens with zero attached hydrogens (tertiary/aromatic N) is 1. The minimum absolute atomic E-state index is 0.151. The molecule has 1 heterocycles. The number of rotatable bonds is 3.